The van der Waals surface area contributed by atoms with E-state index in [0.29, 0.717) is 11.8 Å². The molecule has 2 aromatic heterocycles. The van der Waals surface area contributed by atoms with Gasteiger partial charge in [-0.3, -0.25) is 0 Å². The highest BCUT2D eigenvalue weighted by molar-refractivity contribution is 7.92. The molecule has 1 aliphatic rings. The topological polar surface area (TPSA) is 78.4 Å². The molecule has 1 aromatic carbocycles. The van der Waals surface area contributed by atoms with Crippen LogP contribution in [0, 0.1) is 12.7 Å². The molecule has 4 rings (SSSR count). The molecule has 1 saturated heterocycles. The second-order valence-corrected chi connectivity index (χ2v) is 10.5. The highest BCUT2D eigenvalue weighted by atomic mass is 32.2. The standard InChI is InChI=1S/C24H25F4N5O2S/c1-15-7-8-18(25)10-19(15)20-11-22(30-12-21(20)24(26,27)28)33(32-13-16(2)31-17(3)14-32)36(34,35)23-6-4-5-9-29-23/h4-12,16-17,31H,13-14H2,1-3H3/t16-,17+. The number of sulfonamides is 1. The van der Waals surface area contributed by atoms with Crippen molar-refractivity contribution in [2.75, 3.05) is 17.5 Å². The second kappa shape index (κ2) is 9.75. The monoisotopic (exact) mass is 523 g/mol. The lowest BCUT2D eigenvalue weighted by Crippen LogP contribution is -2.61. The summed E-state index contributed by atoms with van der Waals surface area (Å²) in [4.78, 5) is 7.91. The molecule has 0 bridgehead atoms. The molecular formula is C24H25F4N5O2S. The molecule has 7 nitrogen and oxygen atoms in total. The molecule has 0 saturated carbocycles. The van der Waals surface area contributed by atoms with Crippen molar-refractivity contribution in [3.05, 3.63) is 71.8 Å². The van der Waals surface area contributed by atoms with E-state index in [1.807, 2.05) is 13.8 Å². The third-order valence-corrected chi connectivity index (χ3v) is 7.45. The molecule has 0 radical (unpaired) electrons. The van der Waals surface area contributed by atoms with Gasteiger partial charge in [0.05, 0.1) is 5.56 Å². The number of nitrogens with zero attached hydrogens (tertiary/aromatic N) is 4. The van der Waals surface area contributed by atoms with E-state index < -0.39 is 27.6 Å². The quantitative estimate of drug-likeness (QED) is 0.500. The van der Waals surface area contributed by atoms with Gasteiger partial charge in [-0.1, -0.05) is 12.1 Å². The van der Waals surface area contributed by atoms with Crippen LogP contribution in [0.4, 0.5) is 23.4 Å². The fraction of sp³-hybridized carbons (Fsp3) is 0.333. The highest BCUT2D eigenvalue weighted by Crippen LogP contribution is 2.40. The van der Waals surface area contributed by atoms with Crippen LogP contribution in [0.1, 0.15) is 25.0 Å². The normalized spacial score (nSPS) is 19.3. The number of aromatic nitrogens is 2. The lowest BCUT2D eigenvalue weighted by molar-refractivity contribution is -0.137. The summed E-state index contributed by atoms with van der Waals surface area (Å²) in [5, 5.41) is 4.54. The molecule has 1 N–H and O–H groups in total. The second-order valence-electron chi connectivity index (χ2n) is 8.80. The van der Waals surface area contributed by atoms with Gasteiger partial charge in [0, 0.05) is 37.6 Å². The van der Waals surface area contributed by atoms with E-state index in [1.165, 1.54) is 29.4 Å². The summed E-state index contributed by atoms with van der Waals surface area (Å²) >= 11 is 0. The molecule has 0 amide bonds. The molecule has 192 valence electrons. The van der Waals surface area contributed by atoms with Crippen molar-refractivity contribution in [2.45, 2.75) is 44.1 Å². The fourth-order valence-electron chi connectivity index (χ4n) is 4.34. The van der Waals surface area contributed by atoms with Gasteiger partial charge in [0.2, 0.25) is 0 Å². The van der Waals surface area contributed by atoms with Gasteiger partial charge in [-0.2, -0.15) is 26.0 Å². The van der Waals surface area contributed by atoms with Crippen molar-refractivity contribution in [3.63, 3.8) is 0 Å². The molecule has 3 heterocycles. The minimum absolute atomic E-state index is 0.0109. The summed E-state index contributed by atoms with van der Waals surface area (Å²) in [5.41, 5.74) is -1.09. The minimum Gasteiger partial charge on any atom is -0.309 e. The van der Waals surface area contributed by atoms with E-state index in [9.17, 15) is 26.0 Å². The molecule has 3 aromatic rings. The first-order valence-corrected chi connectivity index (χ1v) is 12.6. The zero-order valence-corrected chi connectivity index (χ0v) is 20.6. The first kappa shape index (κ1) is 26.0. The number of hydrogen-bond donors (Lipinski definition) is 1. The highest BCUT2D eigenvalue weighted by Gasteiger charge is 2.39. The summed E-state index contributed by atoms with van der Waals surface area (Å²) in [6, 6.07) is 8.69. The molecule has 0 unspecified atom stereocenters. The lowest BCUT2D eigenvalue weighted by Gasteiger charge is -2.42. The van der Waals surface area contributed by atoms with Crippen LogP contribution < -0.4 is 9.73 Å². The smallest absolute Gasteiger partial charge is 0.309 e. The van der Waals surface area contributed by atoms with Gasteiger partial charge >= 0.3 is 6.18 Å². The van der Waals surface area contributed by atoms with Gasteiger partial charge in [-0.25, -0.2) is 19.4 Å². The average molecular weight is 524 g/mol. The number of nitrogens with one attached hydrogen (secondary N) is 1. The number of piperazine rings is 1. The third-order valence-electron chi connectivity index (χ3n) is 5.81. The fourth-order valence-corrected chi connectivity index (χ4v) is 5.74. The first-order valence-electron chi connectivity index (χ1n) is 11.2. The van der Waals surface area contributed by atoms with Crippen LogP contribution in [0.25, 0.3) is 11.1 Å². The van der Waals surface area contributed by atoms with E-state index in [4.69, 9.17) is 0 Å². The summed E-state index contributed by atoms with van der Waals surface area (Å²) in [6.07, 6.45) is -2.90. The van der Waals surface area contributed by atoms with Crippen molar-refractivity contribution < 1.29 is 26.0 Å². The van der Waals surface area contributed by atoms with Gasteiger partial charge in [0.15, 0.2) is 10.8 Å². The predicted octanol–water partition coefficient (Wildman–Crippen LogP) is 4.40. The maximum absolute atomic E-state index is 14.1. The number of rotatable bonds is 5. The zero-order valence-electron chi connectivity index (χ0n) is 19.8. The van der Waals surface area contributed by atoms with Crippen molar-refractivity contribution >= 4 is 15.8 Å². The predicted molar refractivity (Wildman–Crippen MR) is 127 cm³/mol. The number of benzene rings is 1. The van der Waals surface area contributed by atoms with E-state index >= 15 is 0 Å². The molecule has 12 heteroatoms. The molecule has 0 spiro atoms. The summed E-state index contributed by atoms with van der Waals surface area (Å²) in [7, 11) is -4.36. The maximum Gasteiger partial charge on any atom is 0.418 e. The number of pyridine rings is 2. The van der Waals surface area contributed by atoms with Crippen molar-refractivity contribution in [1.82, 2.24) is 20.3 Å². The Balaban J connectivity index is 1.96. The molecule has 2 atom stereocenters. The minimum atomic E-state index is -4.80. The Bertz CT molecular complexity index is 1340. The number of alkyl halides is 3. The van der Waals surface area contributed by atoms with Gasteiger partial charge in [0.25, 0.3) is 10.0 Å². The van der Waals surface area contributed by atoms with E-state index in [1.54, 1.807) is 13.0 Å². The Hall–Kier alpha value is -3.09. The number of hydrazine groups is 1. The van der Waals surface area contributed by atoms with Gasteiger partial charge in [-0.15, -0.1) is 0 Å². The van der Waals surface area contributed by atoms with E-state index in [-0.39, 0.29) is 47.1 Å². The van der Waals surface area contributed by atoms with Gasteiger partial charge in [0.1, 0.15) is 5.82 Å². The molecule has 0 aliphatic carbocycles. The number of anilines is 1. The number of hydrogen-bond acceptors (Lipinski definition) is 6. The number of aryl methyl sites for hydroxylation is 1. The summed E-state index contributed by atoms with van der Waals surface area (Å²) in [5.74, 6) is -0.974. The van der Waals surface area contributed by atoms with Crippen LogP contribution in [0.3, 0.4) is 0 Å². The van der Waals surface area contributed by atoms with Crippen LogP contribution in [0.2, 0.25) is 0 Å². The zero-order chi connectivity index (χ0) is 26.3. The Kier molecular flexibility index (Phi) is 7.04. The summed E-state index contributed by atoms with van der Waals surface area (Å²) < 4.78 is 84.4. The van der Waals surface area contributed by atoms with Crippen LogP contribution in [0.5, 0.6) is 0 Å². The molecule has 1 fully saturated rings. The summed E-state index contributed by atoms with van der Waals surface area (Å²) in [6.45, 7) is 5.78. The van der Waals surface area contributed by atoms with Crippen molar-refractivity contribution in [1.29, 1.82) is 0 Å². The molecule has 1 aliphatic heterocycles. The molecular weight excluding hydrogens is 498 g/mol. The maximum atomic E-state index is 14.1. The Morgan fingerprint density at radius 1 is 1.03 bits per heavy atom. The van der Waals surface area contributed by atoms with Crippen LogP contribution >= 0.6 is 0 Å². The molecule has 36 heavy (non-hydrogen) atoms. The number of halogens is 4. The SMILES string of the molecule is Cc1ccc(F)cc1-c1cc(N(N2C[C@@H](C)N[C@@H](C)C2)S(=O)(=O)c2ccccn2)ncc1C(F)(F)F. The Morgan fingerprint density at radius 2 is 1.72 bits per heavy atom. The third kappa shape index (κ3) is 5.20. The van der Waals surface area contributed by atoms with Crippen LogP contribution in [-0.4, -0.2) is 48.6 Å². The van der Waals surface area contributed by atoms with E-state index in [2.05, 4.69) is 15.3 Å². The van der Waals surface area contributed by atoms with Crippen LogP contribution in [0.15, 0.2) is 59.9 Å². The largest absolute Gasteiger partial charge is 0.418 e. The Labute approximate surface area is 206 Å². The Morgan fingerprint density at radius 3 is 2.33 bits per heavy atom. The van der Waals surface area contributed by atoms with Crippen LogP contribution in [-0.2, 0) is 16.2 Å². The van der Waals surface area contributed by atoms with E-state index in [0.717, 1.165) is 22.6 Å². The van der Waals surface area contributed by atoms with Gasteiger partial charge < -0.3 is 5.32 Å². The lowest BCUT2D eigenvalue weighted by atomic mass is 9.97. The van der Waals surface area contributed by atoms with Crippen molar-refractivity contribution in [2.24, 2.45) is 0 Å². The average Bonchev–Trinajstić information content (AvgIpc) is 2.80. The van der Waals surface area contributed by atoms with Crippen molar-refractivity contribution in [3.8, 4) is 11.1 Å². The van der Waals surface area contributed by atoms with Gasteiger partial charge in [-0.05, 0) is 67.8 Å². The first-order chi connectivity index (χ1) is 16.9.